The summed E-state index contributed by atoms with van der Waals surface area (Å²) >= 11 is 0. The lowest BCUT2D eigenvalue weighted by Gasteiger charge is -2.10. The second kappa shape index (κ2) is 5.49. The minimum Gasteiger partial charge on any atom is -0.508 e. The maximum Gasteiger partial charge on any atom is 0.337 e. The van der Waals surface area contributed by atoms with Gasteiger partial charge in [0.1, 0.15) is 11.6 Å². The summed E-state index contributed by atoms with van der Waals surface area (Å²) in [6.45, 7) is 0. The van der Waals surface area contributed by atoms with E-state index in [0.29, 0.717) is 0 Å². The fourth-order valence-corrected chi connectivity index (χ4v) is 1.73. The molecule has 0 spiro atoms. The molecule has 21 heavy (non-hydrogen) atoms. The van der Waals surface area contributed by atoms with E-state index >= 15 is 0 Å². The number of amides is 1. The Kier molecular flexibility index (Phi) is 3.75. The second-order valence-corrected chi connectivity index (χ2v) is 4.23. The number of hydrogen-bond donors (Lipinski definition) is 4. The first-order valence-electron chi connectivity index (χ1n) is 5.81. The summed E-state index contributed by atoms with van der Waals surface area (Å²) in [5.74, 6) is -3.34. The molecule has 0 atom stereocenters. The monoisotopic (exact) mass is 290 g/mol. The normalized spacial score (nSPS) is 10.1. The van der Waals surface area contributed by atoms with Crippen LogP contribution in [0.25, 0.3) is 0 Å². The maximum atomic E-state index is 13.6. The van der Waals surface area contributed by atoms with Gasteiger partial charge in [0.2, 0.25) is 0 Å². The SMILES string of the molecule is Nc1ccc(NC(=O)c2ccc(O)cc2F)c(C(=O)O)c1. The van der Waals surface area contributed by atoms with Crippen LogP contribution in [0.3, 0.4) is 0 Å². The van der Waals surface area contributed by atoms with Crippen LogP contribution in [0, 0.1) is 5.82 Å². The number of halogens is 1. The molecule has 2 aromatic carbocycles. The molecule has 6 nitrogen and oxygen atoms in total. The molecule has 0 aromatic heterocycles. The number of aromatic hydroxyl groups is 1. The number of phenols is 1. The molecule has 5 N–H and O–H groups in total. The summed E-state index contributed by atoms with van der Waals surface area (Å²) in [6.07, 6.45) is 0. The average Bonchev–Trinajstić information content (AvgIpc) is 2.40. The Morgan fingerprint density at radius 1 is 1.10 bits per heavy atom. The van der Waals surface area contributed by atoms with Gasteiger partial charge < -0.3 is 21.3 Å². The standard InChI is InChI=1S/C14H11FN2O4/c15-11-6-8(18)2-3-9(11)13(19)17-12-4-1-7(16)5-10(12)14(20)21/h1-6,18H,16H2,(H,17,19)(H,20,21). The van der Waals surface area contributed by atoms with Crippen molar-refractivity contribution in [1.82, 2.24) is 0 Å². The second-order valence-electron chi connectivity index (χ2n) is 4.23. The van der Waals surface area contributed by atoms with Gasteiger partial charge in [-0.15, -0.1) is 0 Å². The number of phenolic OH excluding ortho intramolecular Hbond substituents is 1. The quantitative estimate of drug-likeness (QED) is 0.646. The van der Waals surface area contributed by atoms with E-state index in [0.717, 1.165) is 18.2 Å². The number of hydrogen-bond acceptors (Lipinski definition) is 4. The van der Waals surface area contributed by atoms with E-state index in [4.69, 9.17) is 15.9 Å². The van der Waals surface area contributed by atoms with Crippen molar-refractivity contribution in [2.24, 2.45) is 0 Å². The van der Waals surface area contributed by atoms with E-state index in [1.807, 2.05) is 0 Å². The molecule has 0 bridgehead atoms. The number of nitrogen functional groups attached to an aromatic ring is 1. The summed E-state index contributed by atoms with van der Waals surface area (Å²) in [6, 6.07) is 6.95. The molecule has 108 valence electrons. The third-order valence-electron chi connectivity index (χ3n) is 2.72. The lowest BCUT2D eigenvalue weighted by Crippen LogP contribution is -2.16. The van der Waals surface area contributed by atoms with Crippen molar-refractivity contribution in [1.29, 1.82) is 0 Å². The minimum atomic E-state index is -1.27. The van der Waals surface area contributed by atoms with Crippen LogP contribution >= 0.6 is 0 Å². The predicted molar refractivity (Wildman–Crippen MR) is 73.8 cm³/mol. The van der Waals surface area contributed by atoms with Crippen molar-refractivity contribution in [3.8, 4) is 5.75 Å². The van der Waals surface area contributed by atoms with E-state index in [1.165, 1.54) is 18.2 Å². The van der Waals surface area contributed by atoms with Crippen LogP contribution in [0.1, 0.15) is 20.7 Å². The smallest absolute Gasteiger partial charge is 0.337 e. The number of benzene rings is 2. The highest BCUT2D eigenvalue weighted by Crippen LogP contribution is 2.21. The molecule has 2 rings (SSSR count). The molecular formula is C14H11FN2O4. The molecule has 0 aliphatic heterocycles. The van der Waals surface area contributed by atoms with Crippen LogP contribution in [0.2, 0.25) is 0 Å². The molecule has 0 radical (unpaired) electrons. The Morgan fingerprint density at radius 2 is 1.81 bits per heavy atom. The van der Waals surface area contributed by atoms with Gasteiger partial charge in [0.25, 0.3) is 5.91 Å². The van der Waals surface area contributed by atoms with Crippen molar-refractivity contribution >= 4 is 23.3 Å². The van der Waals surface area contributed by atoms with Gasteiger partial charge >= 0.3 is 5.97 Å². The zero-order chi connectivity index (χ0) is 15.6. The number of nitrogens with two attached hydrogens (primary N) is 1. The molecular weight excluding hydrogens is 279 g/mol. The van der Waals surface area contributed by atoms with Crippen molar-refractivity contribution < 1.29 is 24.2 Å². The Hall–Kier alpha value is -3.09. The van der Waals surface area contributed by atoms with Gasteiger partial charge in [-0.05, 0) is 30.3 Å². The minimum absolute atomic E-state index is 0.00539. The largest absolute Gasteiger partial charge is 0.508 e. The lowest BCUT2D eigenvalue weighted by atomic mass is 10.1. The molecule has 1 amide bonds. The lowest BCUT2D eigenvalue weighted by molar-refractivity contribution is 0.0698. The first-order chi connectivity index (χ1) is 9.88. The Balaban J connectivity index is 2.34. The van der Waals surface area contributed by atoms with E-state index in [1.54, 1.807) is 0 Å². The van der Waals surface area contributed by atoms with Crippen LogP contribution in [-0.4, -0.2) is 22.1 Å². The van der Waals surface area contributed by atoms with Gasteiger partial charge in [0.05, 0.1) is 16.8 Å². The van der Waals surface area contributed by atoms with Crippen molar-refractivity contribution in [2.75, 3.05) is 11.1 Å². The summed E-state index contributed by atoms with van der Waals surface area (Å²) in [7, 11) is 0. The van der Waals surface area contributed by atoms with Crippen molar-refractivity contribution in [3.63, 3.8) is 0 Å². The molecule has 0 aliphatic rings. The van der Waals surface area contributed by atoms with Gasteiger partial charge in [-0.3, -0.25) is 4.79 Å². The molecule has 0 heterocycles. The van der Waals surface area contributed by atoms with Crippen LogP contribution < -0.4 is 11.1 Å². The molecule has 0 unspecified atom stereocenters. The highest BCUT2D eigenvalue weighted by Gasteiger charge is 2.16. The third kappa shape index (κ3) is 3.08. The van der Waals surface area contributed by atoms with Gasteiger partial charge in [0, 0.05) is 11.8 Å². The fourth-order valence-electron chi connectivity index (χ4n) is 1.73. The van der Waals surface area contributed by atoms with Gasteiger partial charge in [-0.1, -0.05) is 0 Å². The number of nitrogens with one attached hydrogen (secondary N) is 1. The highest BCUT2D eigenvalue weighted by molar-refractivity contribution is 6.08. The summed E-state index contributed by atoms with van der Waals surface area (Å²) in [5, 5.41) is 20.4. The Morgan fingerprint density at radius 3 is 2.43 bits per heavy atom. The highest BCUT2D eigenvalue weighted by atomic mass is 19.1. The van der Waals surface area contributed by atoms with E-state index < -0.39 is 17.7 Å². The van der Waals surface area contributed by atoms with Crippen LogP contribution in [0.15, 0.2) is 36.4 Å². The number of anilines is 2. The molecule has 2 aromatic rings. The van der Waals surface area contributed by atoms with E-state index in [9.17, 15) is 14.0 Å². The third-order valence-corrected chi connectivity index (χ3v) is 2.72. The van der Waals surface area contributed by atoms with E-state index in [-0.39, 0.29) is 28.3 Å². The molecule has 0 fully saturated rings. The number of carbonyl (C=O) groups is 2. The maximum absolute atomic E-state index is 13.6. The zero-order valence-electron chi connectivity index (χ0n) is 10.6. The number of carboxylic acids is 1. The van der Waals surface area contributed by atoms with Crippen LogP contribution in [0.5, 0.6) is 5.75 Å². The van der Waals surface area contributed by atoms with E-state index in [2.05, 4.69) is 5.32 Å². The average molecular weight is 290 g/mol. The molecule has 7 heteroatoms. The Labute approximate surface area is 118 Å². The van der Waals surface area contributed by atoms with Gasteiger partial charge in [-0.2, -0.15) is 0 Å². The van der Waals surface area contributed by atoms with Crippen molar-refractivity contribution in [3.05, 3.63) is 53.3 Å². The number of carboxylic acid groups (broad SMARTS) is 1. The number of carbonyl (C=O) groups excluding carboxylic acids is 1. The Bertz CT molecular complexity index is 731. The number of rotatable bonds is 3. The molecule has 0 saturated carbocycles. The van der Waals surface area contributed by atoms with Gasteiger partial charge in [0.15, 0.2) is 0 Å². The molecule has 0 aliphatic carbocycles. The first-order valence-corrected chi connectivity index (χ1v) is 5.81. The van der Waals surface area contributed by atoms with Crippen LogP contribution in [0.4, 0.5) is 15.8 Å². The van der Waals surface area contributed by atoms with Crippen LogP contribution in [-0.2, 0) is 0 Å². The summed E-state index contributed by atoms with van der Waals surface area (Å²) in [4.78, 5) is 23.0. The zero-order valence-corrected chi connectivity index (χ0v) is 10.6. The number of aromatic carboxylic acids is 1. The topological polar surface area (TPSA) is 113 Å². The fraction of sp³-hybridized carbons (Fsp3) is 0. The molecule has 0 saturated heterocycles. The van der Waals surface area contributed by atoms with Crippen molar-refractivity contribution in [2.45, 2.75) is 0 Å². The summed E-state index contributed by atoms with van der Waals surface area (Å²) in [5.41, 5.74) is 5.18. The first kappa shape index (κ1) is 14.3. The predicted octanol–water partition coefficient (Wildman–Crippen LogP) is 2.06. The van der Waals surface area contributed by atoms with Gasteiger partial charge in [-0.25, -0.2) is 9.18 Å². The summed E-state index contributed by atoms with van der Waals surface area (Å²) < 4.78 is 13.6.